The number of carbonyl (C=O) groups is 1. The Morgan fingerprint density at radius 3 is 2.85 bits per heavy atom. The Hall–Kier alpha value is -1.51. The fourth-order valence-electron chi connectivity index (χ4n) is 3.26. The number of aryl methyl sites for hydroxylation is 1. The lowest BCUT2D eigenvalue weighted by Crippen LogP contribution is -2.27. The first-order valence-electron chi connectivity index (χ1n) is 7.70. The van der Waals surface area contributed by atoms with Crippen LogP contribution >= 0.6 is 0 Å². The number of amides is 1. The van der Waals surface area contributed by atoms with Gasteiger partial charge >= 0.3 is 0 Å². The van der Waals surface area contributed by atoms with Gasteiger partial charge in [-0.1, -0.05) is 26.2 Å². The smallest absolute Gasteiger partial charge is 0.251 e. The van der Waals surface area contributed by atoms with E-state index in [0.29, 0.717) is 11.3 Å². The highest BCUT2D eigenvalue weighted by Crippen LogP contribution is 2.30. The molecule has 0 saturated heterocycles. The van der Waals surface area contributed by atoms with Crippen molar-refractivity contribution in [2.24, 2.45) is 11.8 Å². The Balaban J connectivity index is 1.80. The lowest BCUT2D eigenvalue weighted by atomic mass is 9.81. The van der Waals surface area contributed by atoms with Gasteiger partial charge in [-0.2, -0.15) is 0 Å². The Morgan fingerprint density at radius 2 is 2.15 bits per heavy atom. The highest BCUT2D eigenvalue weighted by atomic mass is 16.1. The summed E-state index contributed by atoms with van der Waals surface area (Å²) in [6.45, 7) is 5.06. The number of nitrogens with one attached hydrogen (secondary N) is 1. The van der Waals surface area contributed by atoms with E-state index in [1.54, 1.807) is 6.07 Å². The normalized spacial score (nSPS) is 22.5. The lowest BCUT2D eigenvalue weighted by molar-refractivity contribution is 0.0949. The van der Waals surface area contributed by atoms with Gasteiger partial charge in [0.1, 0.15) is 0 Å². The van der Waals surface area contributed by atoms with Gasteiger partial charge in [0.05, 0.1) is 0 Å². The number of nitrogens with two attached hydrogens (primary N) is 1. The minimum atomic E-state index is -0.00995. The topological polar surface area (TPSA) is 55.1 Å². The average molecular weight is 274 g/mol. The molecule has 1 aromatic carbocycles. The quantitative estimate of drug-likeness (QED) is 0.825. The van der Waals surface area contributed by atoms with E-state index in [1.165, 1.54) is 25.7 Å². The van der Waals surface area contributed by atoms with Gasteiger partial charge in [0.2, 0.25) is 0 Å². The van der Waals surface area contributed by atoms with Crippen LogP contribution in [0.1, 0.15) is 54.9 Å². The standard InChI is InChI=1S/C17H26N2O/c1-12-4-3-5-14(8-12)6-7-19-17(20)15-9-13(2)10-16(18)11-15/h9-12,14H,3-8,18H2,1-2H3,(H,19,20). The van der Waals surface area contributed by atoms with Crippen LogP contribution in [0.2, 0.25) is 0 Å². The largest absolute Gasteiger partial charge is 0.399 e. The minimum absolute atomic E-state index is 0.00995. The second-order valence-electron chi connectivity index (χ2n) is 6.31. The molecule has 1 aromatic rings. The van der Waals surface area contributed by atoms with Crippen LogP contribution in [0.15, 0.2) is 18.2 Å². The molecule has 3 heteroatoms. The van der Waals surface area contributed by atoms with Gasteiger partial charge in [-0.25, -0.2) is 0 Å². The monoisotopic (exact) mass is 274 g/mol. The number of nitrogen functional groups attached to an aromatic ring is 1. The number of hydrogen-bond donors (Lipinski definition) is 2. The van der Waals surface area contributed by atoms with Crippen molar-refractivity contribution in [1.82, 2.24) is 5.32 Å². The molecule has 0 aliphatic heterocycles. The van der Waals surface area contributed by atoms with Crippen molar-refractivity contribution < 1.29 is 4.79 Å². The number of benzene rings is 1. The molecule has 0 spiro atoms. The molecule has 3 N–H and O–H groups in total. The third-order valence-corrected chi connectivity index (χ3v) is 4.25. The van der Waals surface area contributed by atoms with Gasteiger partial charge in [-0.3, -0.25) is 4.79 Å². The summed E-state index contributed by atoms with van der Waals surface area (Å²) in [7, 11) is 0. The SMILES string of the molecule is Cc1cc(N)cc(C(=O)NCCC2CCCC(C)C2)c1. The maximum Gasteiger partial charge on any atom is 0.251 e. The van der Waals surface area contributed by atoms with Crippen molar-refractivity contribution in [2.75, 3.05) is 12.3 Å². The second-order valence-corrected chi connectivity index (χ2v) is 6.31. The van der Waals surface area contributed by atoms with Crippen molar-refractivity contribution >= 4 is 11.6 Å². The summed E-state index contributed by atoms with van der Waals surface area (Å²) in [6.07, 6.45) is 6.43. The van der Waals surface area contributed by atoms with Gasteiger partial charge in [-0.05, 0) is 55.4 Å². The fourth-order valence-corrected chi connectivity index (χ4v) is 3.26. The first-order chi connectivity index (χ1) is 9.54. The first-order valence-corrected chi connectivity index (χ1v) is 7.70. The molecule has 0 heterocycles. The van der Waals surface area contributed by atoms with E-state index < -0.39 is 0 Å². The molecule has 20 heavy (non-hydrogen) atoms. The summed E-state index contributed by atoms with van der Waals surface area (Å²) in [5, 5.41) is 3.02. The molecule has 110 valence electrons. The van der Waals surface area contributed by atoms with Gasteiger partial charge in [0.25, 0.3) is 5.91 Å². The number of anilines is 1. The molecule has 2 atom stereocenters. The predicted molar refractivity (Wildman–Crippen MR) is 83.7 cm³/mol. The van der Waals surface area contributed by atoms with Crippen LogP contribution in [-0.4, -0.2) is 12.5 Å². The summed E-state index contributed by atoms with van der Waals surface area (Å²) in [5.41, 5.74) is 8.12. The van der Waals surface area contributed by atoms with Crippen molar-refractivity contribution in [1.29, 1.82) is 0 Å². The minimum Gasteiger partial charge on any atom is -0.399 e. The zero-order chi connectivity index (χ0) is 14.5. The summed E-state index contributed by atoms with van der Waals surface area (Å²) >= 11 is 0. The molecule has 0 radical (unpaired) electrons. The Morgan fingerprint density at radius 1 is 1.35 bits per heavy atom. The van der Waals surface area contributed by atoms with Crippen LogP contribution in [0.4, 0.5) is 5.69 Å². The van der Waals surface area contributed by atoms with Crippen LogP contribution in [0.3, 0.4) is 0 Å². The molecule has 1 aliphatic rings. The van der Waals surface area contributed by atoms with E-state index in [0.717, 1.165) is 30.4 Å². The second kappa shape index (κ2) is 6.78. The third kappa shape index (κ3) is 4.26. The number of carbonyl (C=O) groups excluding carboxylic acids is 1. The highest BCUT2D eigenvalue weighted by Gasteiger charge is 2.18. The van der Waals surface area contributed by atoms with Gasteiger partial charge in [0, 0.05) is 17.8 Å². The van der Waals surface area contributed by atoms with Crippen LogP contribution in [0.5, 0.6) is 0 Å². The Kier molecular flexibility index (Phi) is 5.05. The molecular weight excluding hydrogens is 248 g/mol. The molecule has 1 aliphatic carbocycles. The third-order valence-electron chi connectivity index (χ3n) is 4.25. The van der Waals surface area contributed by atoms with Crippen molar-refractivity contribution in [2.45, 2.75) is 46.0 Å². The zero-order valence-corrected chi connectivity index (χ0v) is 12.6. The van der Waals surface area contributed by atoms with Crippen molar-refractivity contribution in [3.8, 4) is 0 Å². The van der Waals surface area contributed by atoms with Crippen LogP contribution < -0.4 is 11.1 Å². The number of hydrogen-bond acceptors (Lipinski definition) is 2. The van der Waals surface area contributed by atoms with Crippen LogP contribution in [-0.2, 0) is 0 Å². The fraction of sp³-hybridized carbons (Fsp3) is 0.588. The van der Waals surface area contributed by atoms with Crippen molar-refractivity contribution in [3.63, 3.8) is 0 Å². The van der Waals surface area contributed by atoms with E-state index in [-0.39, 0.29) is 5.91 Å². The van der Waals surface area contributed by atoms with Gasteiger partial charge < -0.3 is 11.1 Å². The molecular formula is C17H26N2O. The van der Waals surface area contributed by atoms with E-state index >= 15 is 0 Å². The molecule has 0 aromatic heterocycles. The van der Waals surface area contributed by atoms with Crippen LogP contribution in [0.25, 0.3) is 0 Å². The van der Waals surface area contributed by atoms with E-state index in [2.05, 4.69) is 12.2 Å². The summed E-state index contributed by atoms with van der Waals surface area (Å²) in [5.74, 6) is 1.62. The predicted octanol–water partition coefficient (Wildman–Crippen LogP) is 3.52. The number of rotatable bonds is 4. The summed E-state index contributed by atoms with van der Waals surface area (Å²) in [6, 6.07) is 5.50. The zero-order valence-electron chi connectivity index (χ0n) is 12.6. The maximum absolute atomic E-state index is 12.1. The van der Waals surface area contributed by atoms with E-state index in [4.69, 9.17) is 5.73 Å². The molecule has 2 rings (SSSR count). The van der Waals surface area contributed by atoms with E-state index in [9.17, 15) is 4.79 Å². The molecule has 2 unspecified atom stereocenters. The molecule has 3 nitrogen and oxygen atoms in total. The van der Waals surface area contributed by atoms with Gasteiger partial charge in [0.15, 0.2) is 0 Å². The summed E-state index contributed by atoms with van der Waals surface area (Å²) < 4.78 is 0. The lowest BCUT2D eigenvalue weighted by Gasteiger charge is -2.26. The molecule has 1 saturated carbocycles. The van der Waals surface area contributed by atoms with E-state index in [1.807, 2.05) is 19.1 Å². The first kappa shape index (κ1) is 14.9. The highest BCUT2D eigenvalue weighted by molar-refractivity contribution is 5.95. The van der Waals surface area contributed by atoms with Crippen LogP contribution in [0, 0.1) is 18.8 Å². The van der Waals surface area contributed by atoms with Crippen molar-refractivity contribution in [3.05, 3.63) is 29.3 Å². The van der Waals surface area contributed by atoms with Gasteiger partial charge in [-0.15, -0.1) is 0 Å². The molecule has 0 bridgehead atoms. The summed E-state index contributed by atoms with van der Waals surface area (Å²) in [4.78, 5) is 12.1. The maximum atomic E-state index is 12.1. The Labute approximate surface area is 121 Å². The Bertz CT molecular complexity index is 450. The molecule has 1 amide bonds. The molecule has 1 fully saturated rings. The average Bonchev–Trinajstić information content (AvgIpc) is 2.37.